The molecule has 0 saturated carbocycles. The Hall–Kier alpha value is 0.880. The number of halogens is 3. The number of hydrogen-bond acceptors (Lipinski definition) is 3. The highest BCUT2D eigenvalue weighted by Gasteiger charge is 2.18. The molecule has 2 atom stereocenters. The van der Waals surface area contributed by atoms with Crippen LogP contribution >= 0.6 is 61.1 Å². The third kappa shape index (κ3) is 7.91. The predicted molar refractivity (Wildman–Crippen MR) is 68.1 cm³/mol. The SMILES string of the molecule is O=C(O)OCC(I)C(=O)CC(Br)I. The van der Waals surface area contributed by atoms with E-state index in [1.807, 2.05) is 22.6 Å². The van der Waals surface area contributed by atoms with Crippen LogP contribution in [0.25, 0.3) is 0 Å². The standard InChI is InChI=1S/C6H7BrI2O4/c7-5(9)1-4(10)3(8)2-13-6(11)12/h3,5H,1-2H2,(H,11,12). The van der Waals surface area contributed by atoms with E-state index < -0.39 is 10.1 Å². The normalized spacial score (nSPS) is 14.7. The van der Waals surface area contributed by atoms with Gasteiger partial charge in [0.25, 0.3) is 0 Å². The zero-order chi connectivity index (χ0) is 10.4. The molecular weight excluding hydrogens is 470 g/mol. The second kappa shape index (κ2) is 7.21. The van der Waals surface area contributed by atoms with Crippen molar-refractivity contribution in [3.05, 3.63) is 0 Å². The van der Waals surface area contributed by atoms with Gasteiger partial charge in [-0.1, -0.05) is 61.1 Å². The van der Waals surface area contributed by atoms with Crippen molar-refractivity contribution < 1.29 is 19.4 Å². The van der Waals surface area contributed by atoms with Crippen molar-refractivity contribution in [2.75, 3.05) is 6.61 Å². The Morgan fingerprint density at radius 3 is 2.38 bits per heavy atom. The van der Waals surface area contributed by atoms with E-state index in [4.69, 9.17) is 5.11 Å². The molecule has 0 aliphatic rings. The minimum Gasteiger partial charge on any atom is -0.450 e. The highest BCUT2D eigenvalue weighted by atomic mass is 127. The number of carbonyl (C=O) groups excluding carboxylic acids is 1. The predicted octanol–water partition coefficient (Wildman–Crippen LogP) is 2.60. The number of rotatable bonds is 5. The zero-order valence-electron chi connectivity index (χ0n) is 6.37. The molecule has 0 bridgehead atoms. The van der Waals surface area contributed by atoms with Gasteiger partial charge < -0.3 is 9.84 Å². The molecule has 0 radical (unpaired) electrons. The lowest BCUT2D eigenvalue weighted by atomic mass is 10.2. The van der Waals surface area contributed by atoms with Crippen LogP contribution in [-0.2, 0) is 9.53 Å². The van der Waals surface area contributed by atoms with Gasteiger partial charge in [-0.3, -0.25) is 4.79 Å². The Labute approximate surface area is 111 Å². The monoisotopic (exact) mass is 476 g/mol. The number of Topliss-reactive ketones (excluding diaryl/α,β-unsaturated/α-hetero) is 1. The van der Waals surface area contributed by atoms with Gasteiger partial charge >= 0.3 is 6.16 Å². The molecule has 0 aliphatic carbocycles. The Morgan fingerprint density at radius 1 is 1.46 bits per heavy atom. The minimum absolute atomic E-state index is 0.0156. The van der Waals surface area contributed by atoms with Crippen LogP contribution in [-0.4, -0.2) is 30.4 Å². The highest BCUT2D eigenvalue weighted by molar-refractivity contribution is 14.1. The van der Waals surface area contributed by atoms with Gasteiger partial charge in [-0.05, 0) is 0 Å². The molecule has 0 amide bonds. The number of ether oxygens (including phenoxy) is 1. The van der Waals surface area contributed by atoms with Gasteiger partial charge in [0.05, 0.1) is 2.83 Å². The summed E-state index contributed by atoms with van der Waals surface area (Å²) in [5, 5.41) is 8.18. The van der Waals surface area contributed by atoms with Crippen molar-refractivity contribution in [3.8, 4) is 0 Å². The molecule has 0 aromatic rings. The molecule has 2 unspecified atom stereocenters. The zero-order valence-corrected chi connectivity index (χ0v) is 12.3. The molecule has 0 heterocycles. The summed E-state index contributed by atoms with van der Waals surface area (Å²) < 4.78 is 3.96. The summed E-state index contributed by atoms with van der Waals surface area (Å²) in [5.74, 6) is -0.0156. The summed E-state index contributed by atoms with van der Waals surface area (Å²) in [5.41, 5.74) is 0. The van der Waals surface area contributed by atoms with Gasteiger partial charge in [-0.2, -0.15) is 0 Å². The Balaban J connectivity index is 3.76. The fourth-order valence-corrected chi connectivity index (χ4v) is 1.70. The molecule has 7 heteroatoms. The fraction of sp³-hybridized carbons (Fsp3) is 0.667. The van der Waals surface area contributed by atoms with Crippen molar-refractivity contribution in [2.45, 2.75) is 13.2 Å². The number of ketones is 1. The lowest BCUT2D eigenvalue weighted by Crippen LogP contribution is -2.22. The lowest BCUT2D eigenvalue weighted by Gasteiger charge is -2.08. The van der Waals surface area contributed by atoms with E-state index in [9.17, 15) is 9.59 Å². The number of carbonyl (C=O) groups is 2. The first-order chi connectivity index (χ1) is 5.93. The topological polar surface area (TPSA) is 63.6 Å². The van der Waals surface area contributed by atoms with Crippen molar-refractivity contribution in [1.82, 2.24) is 0 Å². The largest absolute Gasteiger partial charge is 0.505 e. The summed E-state index contributed by atoms with van der Waals surface area (Å²) in [4.78, 5) is 21.3. The first-order valence-corrected chi connectivity index (χ1v) is 6.64. The first-order valence-electron chi connectivity index (χ1n) is 3.24. The van der Waals surface area contributed by atoms with Crippen LogP contribution in [0.5, 0.6) is 0 Å². The maximum absolute atomic E-state index is 11.3. The molecule has 1 N–H and O–H groups in total. The Kier molecular flexibility index (Phi) is 7.70. The van der Waals surface area contributed by atoms with Crippen LogP contribution in [0.2, 0.25) is 0 Å². The average Bonchev–Trinajstić information content (AvgIpc) is 1.98. The van der Waals surface area contributed by atoms with E-state index >= 15 is 0 Å². The summed E-state index contributed by atoms with van der Waals surface area (Å²) >= 11 is 7.17. The minimum atomic E-state index is -1.35. The first kappa shape index (κ1) is 13.9. The molecule has 0 aromatic carbocycles. The van der Waals surface area contributed by atoms with Crippen LogP contribution in [0.3, 0.4) is 0 Å². The fourth-order valence-electron chi connectivity index (χ4n) is 0.517. The molecule has 0 fully saturated rings. The van der Waals surface area contributed by atoms with Gasteiger partial charge in [0.15, 0.2) is 5.78 Å². The van der Waals surface area contributed by atoms with Crippen LogP contribution in [0, 0.1) is 0 Å². The van der Waals surface area contributed by atoms with Gasteiger partial charge in [-0.25, -0.2) is 4.79 Å². The molecule has 76 valence electrons. The number of carboxylic acid groups (broad SMARTS) is 1. The Bertz CT molecular complexity index is 197. The summed E-state index contributed by atoms with van der Waals surface area (Å²) in [6.45, 7) is -0.0783. The maximum atomic E-state index is 11.3. The second-order valence-electron chi connectivity index (χ2n) is 2.11. The smallest absolute Gasteiger partial charge is 0.450 e. The molecule has 13 heavy (non-hydrogen) atoms. The van der Waals surface area contributed by atoms with E-state index in [0.717, 1.165) is 0 Å². The van der Waals surface area contributed by atoms with E-state index in [0.29, 0.717) is 6.42 Å². The maximum Gasteiger partial charge on any atom is 0.505 e. The third-order valence-corrected chi connectivity index (χ3v) is 2.88. The van der Waals surface area contributed by atoms with Crippen molar-refractivity contribution in [1.29, 1.82) is 0 Å². The lowest BCUT2D eigenvalue weighted by molar-refractivity contribution is -0.118. The molecule has 4 nitrogen and oxygen atoms in total. The highest BCUT2D eigenvalue weighted by Crippen LogP contribution is 2.17. The average molecular weight is 477 g/mol. The van der Waals surface area contributed by atoms with Gasteiger partial charge in [0.1, 0.15) is 10.5 Å². The number of hydrogen-bond donors (Lipinski definition) is 1. The van der Waals surface area contributed by atoms with Crippen molar-refractivity contribution >= 4 is 73.1 Å². The van der Waals surface area contributed by atoms with Crippen LogP contribution in [0.1, 0.15) is 6.42 Å². The van der Waals surface area contributed by atoms with E-state index in [-0.39, 0.29) is 15.2 Å². The summed E-state index contributed by atoms with van der Waals surface area (Å²) in [6.07, 6.45) is -0.976. The van der Waals surface area contributed by atoms with Crippen molar-refractivity contribution in [3.63, 3.8) is 0 Å². The van der Waals surface area contributed by atoms with E-state index in [1.165, 1.54) is 0 Å². The van der Waals surface area contributed by atoms with Gasteiger partial charge in [-0.15, -0.1) is 0 Å². The van der Waals surface area contributed by atoms with Crippen LogP contribution < -0.4 is 0 Å². The van der Waals surface area contributed by atoms with E-state index in [1.54, 1.807) is 0 Å². The van der Waals surface area contributed by atoms with Gasteiger partial charge in [0, 0.05) is 6.42 Å². The summed E-state index contributed by atoms with van der Waals surface area (Å²) in [7, 11) is 0. The molecule has 0 spiro atoms. The van der Waals surface area contributed by atoms with E-state index in [2.05, 4.69) is 43.3 Å². The second-order valence-corrected chi connectivity index (χ2v) is 7.93. The Morgan fingerprint density at radius 2 is 2.00 bits per heavy atom. The molecular formula is C6H7BrI2O4. The molecule has 0 saturated heterocycles. The molecule has 0 aliphatic heterocycles. The quantitative estimate of drug-likeness (QED) is 0.376. The molecule has 0 aromatic heterocycles. The summed E-state index contributed by atoms with van der Waals surface area (Å²) in [6, 6.07) is 0. The van der Waals surface area contributed by atoms with Crippen LogP contribution in [0.15, 0.2) is 0 Å². The van der Waals surface area contributed by atoms with Gasteiger partial charge in [0.2, 0.25) is 0 Å². The third-order valence-electron chi connectivity index (χ3n) is 1.06. The van der Waals surface area contributed by atoms with Crippen molar-refractivity contribution in [2.24, 2.45) is 0 Å². The van der Waals surface area contributed by atoms with Crippen LogP contribution in [0.4, 0.5) is 4.79 Å². The number of alkyl halides is 3. The molecule has 0 rings (SSSR count).